The van der Waals surface area contributed by atoms with Crippen molar-refractivity contribution in [1.82, 2.24) is 9.97 Å². The molecule has 0 aliphatic heterocycles. The van der Waals surface area contributed by atoms with Crippen LogP contribution in [-0.4, -0.2) is 9.97 Å². The maximum Gasteiger partial charge on any atom is 0.126 e. The number of benzene rings is 2. The Bertz CT molecular complexity index is 660. The summed E-state index contributed by atoms with van der Waals surface area (Å²) in [6, 6.07) is 14.4. The molecule has 0 aliphatic rings. The molecule has 19 heavy (non-hydrogen) atoms. The van der Waals surface area contributed by atoms with E-state index in [9.17, 15) is 0 Å². The quantitative estimate of drug-likeness (QED) is 0.743. The van der Waals surface area contributed by atoms with Crippen LogP contribution in [0.25, 0.3) is 11.0 Å². The predicted molar refractivity (Wildman–Crippen MR) is 79.3 cm³/mol. The van der Waals surface area contributed by atoms with Gasteiger partial charge in [0.2, 0.25) is 0 Å². The Hall–Kier alpha value is -2.29. The molecule has 2 N–H and O–H groups in total. The van der Waals surface area contributed by atoms with Crippen molar-refractivity contribution in [3.8, 4) is 0 Å². The lowest BCUT2D eigenvalue weighted by Gasteiger charge is -2.11. The van der Waals surface area contributed by atoms with Gasteiger partial charge in [-0.1, -0.05) is 30.3 Å². The average Bonchev–Trinajstić information content (AvgIpc) is 2.81. The van der Waals surface area contributed by atoms with E-state index in [1.54, 1.807) is 0 Å². The van der Waals surface area contributed by atoms with Crippen LogP contribution in [0.3, 0.4) is 0 Å². The van der Waals surface area contributed by atoms with Crippen molar-refractivity contribution in [3.05, 3.63) is 59.4 Å². The van der Waals surface area contributed by atoms with Crippen molar-refractivity contribution in [2.75, 3.05) is 5.32 Å². The molecule has 0 saturated heterocycles. The number of rotatable bonds is 3. The van der Waals surface area contributed by atoms with Crippen molar-refractivity contribution in [2.24, 2.45) is 0 Å². The highest BCUT2D eigenvalue weighted by molar-refractivity contribution is 5.74. The second-order valence-electron chi connectivity index (χ2n) is 4.82. The number of nitrogens with one attached hydrogen (secondary N) is 2. The first-order chi connectivity index (χ1) is 9.24. The molecule has 3 nitrogen and oxygen atoms in total. The summed E-state index contributed by atoms with van der Waals surface area (Å²) >= 11 is 0. The minimum atomic E-state index is 0.709. The summed E-state index contributed by atoms with van der Waals surface area (Å²) in [7, 11) is 0. The fraction of sp³-hybridized carbons (Fsp3) is 0.188. The van der Waals surface area contributed by atoms with Crippen LogP contribution in [-0.2, 0) is 6.54 Å². The molecule has 3 rings (SSSR count). The Morgan fingerprint density at radius 2 is 1.74 bits per heavy atom. The van der Waals surface area contributed by atoms with Crippen molar-refractivity contribution in [2.45, 2.75) is 20.4 Å². The molecule has 96 valence electrons. The largest absolute Gasteiger partial charge is 0.377 e. The molecule has 0 aliphatic carbocycles. The van der Waals surface area contributed by atoms with Gasteiger partial charge in [0.1, 0.15) is 5.82 Å². The number of aromatic amines is 1. The van der Waals surface area contributed by atoms with Gasteiger partial charge in [-0.25, -0.2) is 4.98 Å². The highest BCUT2D eigenvalue weighted by Crippen LogP contribution is 2.20. The van der Waals surface area contributed by atoms with Gasteiger partial charge in [0.15, 0.2) is 0 Å². The molecule has 0 fully saturated rings. The summed E-state index contributed by atoms with van der Waals surface area (Å²) in [6.07, 6.45) is 0. The third-order valence-electron chi connectivity index (χ3n) is 3.35. The molecule has 2 aromatic carbocycles. The van der Waals surface area contributed by atoms with E-state index in [1.807, 2.05) is 24.3 Å². The zero-order valence-corrected chi connectivity index (χ0v) is 11.2. The van der Waals surface area contributed by atoms with Crippen molar-refractivity contribution in [1.29, 1.82) is 0 Å². The molecule has 3 heteroatoms. The summed E-state index contributed by atoms with van der Waals surface area (Å²) in [5, 5.41) is 3.46. The van der Waals surface area contributed by atoms with E-state index >= 15 is 0 Å². The van der Waals surface area contributed by atoms with Crippen LogP contribution in [0.5, 0.6) is 0 Å². The number of imidazole rings is 1. The number of para-hydroxylation sites is 3. The van der Waals surface area contributed by atoms with Gasteiger partial charge in [0.05, 0.1) is 17.6 Å². The molecule has 0 unspecified atom stereocenters. The van der Waals surface area contributed by atoms with E-state index in [2.05, 4.69) is 47.3 Å². The van der Waals surface area contributed by atoms with Gasteiger partial charge in [-0.3, -0.25) is 0 Å². The number of aromatic nitrogens is 2. The number of nitrogens with zero attached hydrogens (tertiary/aromatic N) is 1. The molecular weight excluding hydrogens is 234 g/mol. The minimum Gasteiger partial charge on any atom is -0.377 e. The zero-order chi connectivity index (χ0) is 13.2. The summed E-state index contributed by atoms with van der Waals surface area (Å²) in [5.74, 6) is 0.962. The number of fused-ring (bicyclic) bond motifs is 1. The van der Waals surface area contributed by atoms with E-state index in [1.165, 1.54) is 16.8 Å². The normalized spacial score (nSPS) is 10.8. The molecule has 1 aromatic heterocycles. The fourth-order valence-electron chi connectivity index (χ4n) is 2.35. The van der Waals surface area contributed by atoms with Gasteiger partial charge >= 0.3 is 0 Å². The lowest BCUT2D eigenvalue weighted by molar-refractivity contribution is 1.00. The molecule has 0 bridgehead atoms. The van der Waals surface area contributed by atoms with E-state index in [0.717, 1.165) is 16.9 Å². The van der Waals surface area contributed by atoms with E-state index in [4.69, 9.17) is 0 Å². The number of hydrogen-bond acceptors (Lipinski definition) is 2. The molecule has 0 radical (unpaired) electrons. The molecular formula is C16H17N3. The van der Waals surface area contributed by atoms with E-state index in [-0.39, 0.29) is 0 Å². The van der Waals surface area contributed by atoms with Gasteiger partial charge in [-0.15, -0.1) is 0 Å². The Labute approximate surface area is 112 Å². The van der Waals surface area contributed by atoms with Crippen LogP contribution in [0.1, 0.15) is 17.0 Å². The first-order valence-electron chi connectivity index (χ1n) is 6.48. The molecule has 0 saturated carbocycles. The Balaban J connectivity index is 1.82. The lowest BCUT2D eigenvalue weighted by Crippen LogP contribution is -2.04. The summed E-state index contributed by atoms with van der Waals surface area (Å²) in [5.41, 5.74) is 5.82. The number of anilines is 1. The smallest absolute Gasteiger partial charge is 0.126 e. The monoisotopic (exact) mass is 251 g/mol. The van der Waals surface area contributed by atoms with E-state index in [0.29, 0.717) is 6.54 Å². The van der Waals surface area contributed by atoms with Crippen LogP contribution in [0, 0.1) is 13.8 Å². The Morgan fingerprint density at radius 1 is 1.00 bits per heavy atom. The number of H-pyrrole nitrogens is 1. The minimum absolute atomic E-state index is 0.709. The first-order valence-corrected chi connectivity index (χ1v) is 6.48. The van der Waals surface area contributed by atoms with Gasteiger partial charge in [0, 0.05) is 5.69 Å². The molecule has 3 aromatic rings. The maximum absolute atomic E-state index is 4.57. The van der Waals surface area contributed by atoms with Gasteiger partial charge < -0.3 is 10.3 Å². The standard InChI is InChI=1S/C16H17N3/c1-11-6-5-7-12(2)16(11)17-10-15-18-13-8-3-4-9-14(13)19-15/h3-9,17H,10H2,1-2H3,(H,18,19). The summed E-state index contributed by atoms with van der Waals surface area (Å²) in [4.78, 5) is 7.90. The van der Waals surface area contributed by atoms with Gasteiger partial charge in [0.25, 0.3) is 0 Å². The highest BCUT2D eigenvalue weighted by Gasteiger charge is 2.04. The van der Waals surface area contributed by atoms with Crippen LogP contribution in [0.2, 0.25) is 0 Å². The Morgan fingerprint density at radius 3 is 2.47 bits per heavy atom. The van der Waals surface area contributed by atoms with Gasteiger partial charge in [-0.2, -0.15) is 0 Å². The SMILES string of the molecule is Cc1cccc(C)c1NCc1nc2ccccc2[nH]1. The Kier molecular flexibility index (Phi) is 2.95. The third-order valence-corrected chi connectivity index (χ3v) is 3.35. The second-order valence-corrected chi connectivity index (χ2v) is 4.82. The second kappa shape index (κ2) is 4.76. The van der Waals surface area contributed by atoms with Crippen LogP contribution in [0.4, 0.5) is 5.69 Å². The zero-order valence-electron chi connectivity index (χ0n) is 11.2. The fourth-order valence-corrected chi connectivity index (χ4v) is 2.35. The molecule has 0 spiro atoms. The predicted octanol–water partition coefficient (Wildman–Crippen LogP) is 3.79. The van der Waals surface area contributed by atoms with Crippen molar-refractivity contribution < 1.29 is 0 Å². The highest BCUT2D eigenvalue weighted by atomic mass is 15.0. The third kappa shape index (κ3) is 2.32. The number of aryl methyl sites for hydroxylation is 2. The van der Waals surface area contributed by atoms with Crippen molar-refractivity contribution in [3.63, 3.8) is 0 Å². The average molecular weight is 251 g/mol. The van der Waals surface area contributed by atoms with Crippen LogP contribution >= 0.6 is 0 Å². The molecule has 1 heterocycles. The van der Waals surface area contributed by atoms with Gasteiger partial charge in [-0.05, 0) is 37.1 Å². The van der Waals surface area contributed by atoms with Crippen LogP contribution < -0.4 is 5.32 Å². The van der Waals surface area contributed by atoms with Crippen molar-refractivity contribution >= 4 is 16.7 Å². The van der Waals surface area contributed by atoms with E-state index < -0.39 is 0 Å². The topological polar surface area (TPSA) is 40.7 Å². The summed E-state index contributed by atoms with van der Waals surface area (Å²) < 4.78 is 0. The van der Waals surface area contributed by atoms with Crippen LogP contribution in [0.15, 0.2) is 42.5 Å². The summed E-state index contributed by atoms with van der Waals surface area (Å²) in [6.45, 7) is 4.95. The maximum atomic E-state index is 4.57. The number of hydrogen-bond donors (Lipinski definition) is 2. The lowest BCUT2D eigenvalue weighted by atomic mass is 10.1. The molecule has 0 amide bonds. The first kappa shape index (κ1) is 11.8. The molecule has 0 atom stereocenters.